The number of halogens is 3. The van der Waals surface area contributed by atoms with Crippen LogP contribution in [0.2, 0.25) is 0 Å². The molecule has 0 saturated carbocycles. The number of carbonyl (C=O) groups is 1. The van der Waals surface area contributed by atoms with Gasteiger partial charge in [0.05, 0.1) is 22.3 Å². The van der Waals surface area contributed by atoms with Crippen LogP contribution in [0, 0.1) is 20.8 Å². The second kappa shape index (κ2) is 8.23. The molecule has 0 unspecified atom stereocenters. The van der Waals surface area contributed by atoms with Gasteiger partial charge in [-0.3, -0.25) is 4.79 Å². The smallest absolute Gasteiger partial charge is 0.416 e. The van der Waals surface area contributed by atoms with E-state index in [9.17, 15) is 18.0 Å². The first-order chi connectivity index (χ1) is 15.5. The van der Waals surface area contributed by atoms with E-state index in [1.54, 1.807) is 24.7 Å². The van der Waals surface area contributed by atoms with Gasteiger partial charge in [-0.05, 0) is 50.6 Å². The highest BCUT2D eigenvalue weighted by molar-refractivity contribution is 5.92. The van der Waals surface area contributed by atoms with Gasteiger partial charge in [0.2, 0.25) is 5.88 Å². The van der Waals surface area contributed by atoms with Crippen molar-refractivity contribution < 1.29 is 22.7 Å². The molecule has 0 saturated heterocycles. The lowest BCUT2D eigenvalue weighted by Gasteiger charge is -2.12. The first-order valence-corrected chi connectivity index (χ1v) is 10.0. The molecular formula is C22H21F3N6O2. The molecule has 1 N–H and O–H groups in total. The van der Waals surface area contributed by atoms with Crippen molar-refractivity contribution in [1.82, 2.24) is 24.5 Å². The molecule has 0 radical (unpaired) electrons. The molecule has 0 atom stereocenters. The van der Waals surface area contributed by atoms with Gasteiger partial charge in [0.15, 0.2) is 12.3 Å². The lowest BCUT2D eigenvalue weighted by atomic mass is 10.2. The number of alkyl halides is 3. The van der Waals surface area contributed by atoms with Gasteiger partial charge in [-0.25, -0.2) is 14.3 Å². The molecule has 4 rings (SSSR count). The van der Waals surface area contributed by atoms with Gasteiger partial charge >= 0.3 is 6.18 Å². The van der Waals surface area contributed by atoms with E-state index in [2.05, 4.69) is 20.5 Å². The second-order valence-corrected chi connectivity index (χ2v) is 7.68. The molecule has 33 heavy (non-hydrogen) atoms. The summed E-state index contributed by atoms with van der Waals surface area (Å²) in [4.78, 5) is 17.0. The number of pyridine rings is 1. The average Bonchev–Trinajstić information content (AvgIpc) is 3.25. The monoisotopic (exact) mass is 458 g/mol. The summed E-state index contributed by atoms with van der Waals surface area (Å²) in [6, 6.07) is 8.16. The molecule has 4 aromatic rings. The first-order valence-electron chi connectivity index (χ1n) is 10.0. The van der Waals surface area contributed by atoms with Crippen molar-refractivity contribution in [3.63, 3.8) is 0 Å². The quantitative estimate of drug-likeness (QED) is 0.486. The number of carbonyl (C=O) groups excluding carboxylic acids is 1. The highest BCUT2D eigenvalue weighted by Crippen LogP contribution is 2.31. The molecule has 3 heterocycles. The average molecular weight is 458 g/mol. The summed E-state index contributed by atoms with van der Waals surface area (Å²) in [5.41, 5.74) is 2.28. The van der Waals surface area contributed by atoms with Crippen LogP contribution in [-0.2, 0) is 18.0 Å². The molecule has 0 aliphatic heterocycles. The molecule has 8 nitrogen and oxygen atoms in total. The molecule has 3 aromatic heterocycles. The van der Waals surface area contributed by atoms with Crippen LogP contribution in [-0.4, -0.2) is 37.1 Å². The second-order valence-electron chi connectivity index (χ2n) is 7.68. The molecule has 1 amide bonds. The number of nitrogens with one attached hydrogen (secondary N) is 1. The minimum absolute atomic E-state index is 0.168. The van der Waals surface area contributed by atoms with E-state index in [1.165, 1.54) is 16.8 Å². The van der Waals surface area contributed by atoms with Gasteiger partial charge in [0.1, 0.15) is 5.82 Å². The molecule has 0 aliphatic carbocycles. The van der Waals surface area contributed by atoms with Gasteiger partial charge in [-0.15, -0.1) is 5.10 Å². The molecule has 0 spiro atoms. The molecule has 0 bridgehead atoms. The van der Waals surface area contributed by atoms with Gasteiger partial charge in [0, 0.05) is 18.8 Å². The zero-order chi connectivity index (χ0) is 23.9. The number of aromatic nitrogens is 5. The molecule has 172 valence electrons. The predicted molar refractivity (Wildman–Crippen MR) is 115 cm³/mol. The van der Waals surface area contributed by atoms with Crippen LogP contribution in [0.5, 0.6) is 5.88 Å². The maximum Gasteiger partial charge on any atom is 0.416 e. The standard InChI is InChI=1S/C22H21F3N6O2/c1-12-8-13(2)26-20-19(12)21(29-30(20)4)33-11-18(32)27-17-9-14(3)28-31(17)16-7-5-6-15(10-16)22(23,24)25/h5-10H,11H2,1-4H3,(H,27,32). The van der Waals surface area contributed by atoms with Crippen molar-refractivity contribution in [2.45, 2.75) is 26.9 Å². The lowest BCUT2D eigenvalue weighted by Crippen LogP contribution is -2.22. The van der Waals surface area contributed by atoms with Crippen LogP contribution in [0.4, 0.5) is 19.0 Å². The Bertz CT molecular complexity index is 1360. The number of amides is 1. The minimum Gasteiger partial charge on any atom is -0.466 e. The summed E-state index contributed by atoms with van der Waals surface area (Å²) in [6.07, 6.45) is -4.49. The number of fused-ring (bicyclic) bond motifs is 1. The van der Waals surface area contributed by atoms with Crippen molar-refractivity contribution in [1.29, 1.82) is 0 Å². The van der Waals surface area contributed by atoms with Crippen LogP contribution in [0.15, 0.2) is 36.4 Å². The highest BCUT2D eigenvalue weighted by Gasteiger charge is 2.30. The zero-order valence-electron chi connectivity index (χ0n) is 18.4. The Morgan fingerprint density at radius 1 is 1.09 bits per heavy atom. The molecule has 0 aliphatic rings. The number of hydrogen-bond donors (Lipinski definition) is 1. The number of aryl methyl sites for hydroxylation is 4. The lowest BCUT2D eigenvalue weighted by molar-refractivity contribution is -0.137. The van der Waals surface area contributed by atoms with E-state index in [0.29, 0.717) is 16.7 Å². The fraction of sp³-hybridized carbons (Fsp3) is 0.273. The van der Waals surface area contributed by atoms with Crippen LogP contribution in [0.1, 0.15) is 22.5 Å². The summed E-state index contributed by atoms with van der Waals surface area (Å²) in [5.74, 6) is -0.0188. The number of nitrogens with zero attached hydrogens (tertiary/aromatic N) is 5. The summed E-state index contributed by atoms with van der Waals surface area (Å²) in [7, 11) is 1.73. The Kier molecular flexibility index (Phi) is 5.56. The van der Waals surface area contributed by atoms with Crippen molar-refractivity contribution in [2.75, 3.05) is 11.9 Å². The van der Waals surface area contributed by atoms with E-state index in [0.717, 1.165) is 23.4 Å². The third-order valence-electron chi connectivity index (χ3n) is 4.94. The van der Waals surface area contributed by atoms with Crippen LogP contribution in [0.3, 0.4) is 0 Å². The normalized spacial score (nSPS) is 11.7. The van der Waals surface area contributed by atoms with Crippen LogP contribution in [0.25, 0.3) is 16.7 Å². The van der Waals surface area contributed by atoms with Crippen molar-refractivity contribution in [3.05, 3.63) is 58.9 Å². The highest BCUT2D eigenvalue weighted by atomic mass is 19.4. The number of benzene rings is 1. The van der Waals surface area contributed by atoms with Gasteiger partial charge in [-0.2, -0.15) is 18.3 Å². The first kappa shape index (κ1) is 22.3. The summed E-state index contributed by atoms with van der Waals surface area (Å²) < 4.78 is 47.8. The van der Waals surface area contributed by atoms with E-state index >= 15 is 0 Å². The number of rotatable bonds is 5. The predicted octanol–water partition coefficient (Wildman–Crippen LogP) is 4.12. The maximum absolute atomic E-state index is 13.1. The molecule has 1 aromatic carbocycles. The van der Waals surface area contributed by atoms with Gasteiger partial charge in [0.25, 0.3) is 5.91 Å². The van der Waals surface area contributed by atoms with E-state index in [1.807, 2.05) is 19.9 Å². The molecular weight excluding hydrogens is 437 g/mol. The maximum atomic E-state index is 13.1. The summed E-state index contributed by atoms with van der Waals surface area (Å²) in [6.45, 7) is 5.10. The largest absolute Gasteiger partial charge is 0.466 e. The third-order valence-corrected chi connectivity index (χ3v) is 4.94. The Labute approximate surface area is 187 Å². The minimum atomic E-state index is -4.49. The van der Waals surface area contributed by atoms with Crippen molar-refractivity contribution in [3.8, 4) is 11.6 Å². The Balaban J connectivity index is 1.54. The summed E-state index contributed by atoms with van der Waals surface area (Å²) >= 11 is 0. The Morgan fingerprint density at radius 2 is 1.85 bits per heavy atom. The Morgan fingerprint density at radius 3 is 2.58 bits per heavy atom. The zero-order valence-corrected chi connectivity index (χ0v) is 18.4. The number of hydrogen-bond acceptors (Lipinski definition) is 5. The third kappa shape index (κ3) is 4.52. The van der Waals surface area contributed by atoms with E-state index < -0.39 is 17.6 Å². The molecule has 0 fully saturated rings. The van der Waals surface area contributed by atoms with Crippen LogP contribution < -0.4 is 10.1 Å². The Hall–Kier alpha value is -3.89. The number of ether oxygens (including phenoxy) is 1. The van der Waals surface area contributed by atoms with E-state index in [4.69, 9.17) is 4.74 Å². The molecule has 11 heteroatoms. The van der Waals surface area contributed by atoms with Crippen molar-refractivity contribution in [2.24, 2.45) is 7.05 Å². The summed E-state index contributed by atoms with van der Waals surface area (Å²) in [5, 5.41) is 11.9. The van der Waals surface area contributed by atoms with Crippen molar-refractivity contribution >= 4 is 22.8 Å². The van der Waals surface area contributed by atoms with Crippen LogP contribution >= 0.6 is 0 Å². The number of anilines is 1. The fourth-order valence-electron chi connectivity index (χ4n) is 3.56. The topological polar surface area (TPSA) is 86.9 Å². The van der Waals surface area contributed by atoms with E-state index in [-0.39, 0.29) is 24.0 Å². The van der Waals surface area contributed by atoms with Gasteiger partial charge < -0.3 is 10.1 Å². The fourth-order valence-corrected chi connectivity index (χ4v) is 3.56. The van der Waals surface area contributed by atoms with Gasteiger partial charge in [-0.1, -0.05) is 6.07 Å². The SMILES string of the molecule is Cc1cc(C)c2c(OCC(=O)Nc3cc(C)nn3-c3cccc(C(F)(F)F)c3)nn(C)c2n1.